The summed E-state index contributed by atoms with van der Waals surface area (Å²) in [6.07, 6.45) is 0.954. The van der Waals surface area contributed by atoms with Crippen LogP contribution in [0.15, 0.2) is 29.2 Å². The van der Waals surface area contributed by atoms with Crippen molar-refractivity contribution in [2.45, 2.75) is 30.4 Å². The van der Waals surface area contributed by atoms with Gasteiger partial charge in [-0.1, -0.05) is 30.7 Å². The zero-order chi connectivity index (χ0) is 12.0. The Morgan fingerprint density at radius 1 is 1.50 bits per heavy atom. The van der Waals surface area contributed by atoms with Gasteiger partial charge in [-0.3, -0.25) is 4.79 Å². The lowest BCUT2D eigenvalue weighted by Crippen LogP contribution is -2.31. The van der Waals surface area contributed by atoms with Crippen LogP contribution >= 0.6 is 23.4 Å². The van der Waals surface area contributed by atoms with E-state index in [4.69, 9.17) is 11.6 Å². The van der Waals surface area contributed by atoms with Crippen LogP contribution in [0.1, 0.15) is 20.3 Å². The first-order valence-electron chi connectivity index (χ1n) is 5.34. The maximum atomic E-state index is 11.6. The number of hydrogen-bond donors (Lipinski definition) is 1. The predicted molar refractivity (Wildman–Crippen MR) is 70.1 cm³/mol. The Morgan fingerprint density at radius 2 is 2.19 bits per heavy atom. The quantitative estimate of drug-likeness (QED) is 0.820. The molecule has 1 unspecified atom stereocenters. The fourth-order valence-corrected chi connectivity index (χ4v) is 2.35. The molecule has 0 fully saturated rings. The van der Waals surface area contributed by atoms with Gasteiger partial charge in [0.25, 0.3) is 0 Å². The Bertz CT molecular complexity index is 357. The van der Waals surface area contributed by atoms with Gasteiger partial charge in [0.1, 0.15) is 0 Å². The minimum absolute atomic E-state index is 0.0618. The molecule has 0 saturated carbocycles. The lowest BCUT2D eigenvalue weighted by molar-refractivity contribution is -0.120. The molecule has 0 radical (unpaired) electrons. The monoisotopic (exact) mass is 257 g/mol. The molecule has 0 heterocycles. The van der Waals surface area contributed by atoms with Crippen LogP contribution in [0, 0.1) is 0 Å². The van der Waals surface area contributed by atoms with E-state index in [1.54, 1.807) is 0 Å². The van der Waals surface area contributed by atoms with E-state index in [0.717, 1.165) is 17.9 Å². The van der Waals surface area contributed by atoms with E-state index >= 15 is 0 Å². The first-order chi connectivity index (χ1) is 7.65. The van der Waals surface area contributed by atoms with Gasteiger partial charge in [-0.05, 0) is 25.5 Å². The molecule has 1 atom stereocenters. The maximum absolute atomic E-state index is 11.6. The summed E-state index contributed by atoms with van der Waals surface area (Å²) in [6, 6.07) is 7.57. The van der Waals surface area contributed by atoms with Gasteiger partial charge in [-0.2, -0.15) is 0 Å². The summed E-state index contributed by atoms with van der Waals surface area (Å²) in [5.41, 5.74) is 0. The summed E-state index contributed by atoms with van der Waals surface area (Å²) in [6.45, 7) is 4.65. The van der Waals surface area contributed by atoms with Crippen LogP contribution in [0.4, 0.5) is 0 Å². The van der Waals surface area contributed by atoms with Crippen molar-refractivity contribution >= 4 is 29.3 Å². The van der Waals surface area contributed by atoms with Gasteiger partial charge in [0, 0.05) is 11.4 Å². The third kappa shape index (κ3) is 4.06. The third-order valence-corrected chi connectivity index (χ3v) is 3.68. The molecular weight excluding hydrogens is 242 g/mol. The second kappa shape index (κ2) is 6.81. The topological polar surface area (TPSA) is 29.1 Å². The van der Waals surface area contributed by atoms with Gasteiger partial charge >= 0.3 is 0 Å². The number of nitrogens with one attached hydrogen (secondary N) is 1. The minimum Gasteiger partial charge on any atom is -0.355 e. The van der Waals surface area contributed by atoms with E-state index in [1.165, 1.54) is 11.8 Å². The highest BCUT2D eigenvalue weighted by Crippen LogP contribution is 2.29. The number of carbonyl (C=O) groups excluding carboxylic acids is 1. The first kappa shape index (κ1) is 13.4. The maximum Gasteiger partial charge on any atom is 0.233 e. The van der Waals surface area contributed by atoms with Crippen molar-refractivity contribution in [3.63, 3.8) is 0 Å². The number of thioether (sulfide) groups is 1. The van der Waals surface area contributed by atoms with Crippen LogP contribution in [0.3, 0.4) is 0 Å². The van der Waals surface area contributed by atoms with Crippen LogP contribution in [0.25, 0.3) is 0 Å². The highest BCUT2D eigenvalue weighted by Gasteiger charge is 2.14. The molecule has 1 N–H and O–H groups in total. The molecule has 88 valence electrons. The molecule has 2 nitrogen and oxygen atoms in total. The summed E-state index contributed by atoms with van der Waals surface area (Å²) in [4.78, 5) is 12.6. The molecule has 1 amide bonds. The highest BCUT2D eigenvalue weighted by molar-refractivity contribution is 8.00. The predicted octanol–water partition coefficient (Wildman–Crippen LogP) is 3.35. The van der Waals surface area contributed by atoms with E-state index in [9.17, 15) is 4.79 Å². The van der Waals surface area contributed by atoms with E-state index in [2.05, 4.69) is 5.32 Å². The standard InChI is InChI=1S/C12H16ClNOS/c1-3-8-14-12(15)9(2)16-11-7-5-4-6-10(11)13/h4-7,9H,3,8H2,1-2H3,(H,14,15). The Balaban J connectivity index is 2.54. The molecule has 0 aliphatic carbocycles. The molecule has 16 heavy (non-hydrogen) atoms. The zero-order valence-corrected chi connectivity index (χ0v) is 11.1. The van der Waals surface area contributed by atoms with Crippen LogP contribution < -0.4 is 5.32 Å². The van der Waals surface area contributed by atoms with Crippen molar-refractivity contribution in [1.82, 2.24) is 5.32 Å². The van der Waals surface area contributed by atoms with E-state index < -0.39 is 0 Å². The lowest BCUT2D eigenvalue weighted by atomic mass is 10.4. The average Bonchev–Trinajstić information content (AvgIpc) is 2.28. The average molecular weight is 258 g/mol. The third-order valence-electron chi connectivity index (χ3n) is 2.06. The number of amides is 1. The van der Waals surface area contributed by atoms with Crippen LogP contribution in [0.5, 0.6) is 0 Å². The zero-order valence-electron chi connectivity index (χ0n) is 9.50. The number of benzene rings is 1. The van der Waals surface area contributed by atoms with Crippen molar-refractivity contribution in [3.05, 3.63) is 29.3 Å². The fourth-order valence-electron chi connectivity index (χ4n) is 1.18. The second-order valence-electron chi connectivity index (χ2n) is 3.48. The number of hydrogen-bond acceptors (Lipinski definition) is 2. The van der Waals surface area contributed by atoms with Gasteiger partial charge in [-0.25, -0.2) is 0 Å². The molecule has 0 bridgehead atoms. The van der Waals surface area contributed by atoms with Crippen LogP contribution in [-0.4, -0.2) is 17.7 Å². The highest BCUT2D eigenvalue weighted by atomic mass is 35.5. The van der Waals surface area contributed by atoms with E-state index in [-0.39, 0.29) is 11.2 Å². The van der Waals surface area contributed by atoms with E-state index in [0.29, 0.717) is 5.02 Å². The smallest absolute Gasteiger partial charge is 0.233 e. The summed E-state index contributed by atoms with van der Waals surface area (Å²) in [5, 5.41) is 3.45. The van der Waals surface area contributed by atoms with Crippen molar-refractivity contribution in [2.24, 2.45) is 0 Å². The summed E-state index contributed by atoms with van der Waals surface area (Å²) in [7, 11) is 0. The van der Waals surface area contributed by atoms with Gasteiger partial charge < -0.3 is 5.32 Å². The fraction of sp³-hybridized carbons (Fsp3) is 0.417. The van der Waals surface area contributed by atoms with Gasteiger partial charge in [0.15, 0.2) is 0 Å². The molecule has 0 aliphatic heterocycles. The number of halogens is 1. The normalized spacial score (nSPS) is 12.2. The first-order valence-corrected chi connectivity index (χ1v) is 6.59. The van der Waals surface area contributed by atoms with E-state index in [1.807, 2.05) is 38.1 Å². The van der Waals surface area contributed by atoms with Crippen molar-refractivity contribution in [2.75, 3.05) is 6.54 Å². The van der Waals surface area contributed by atoms with Crippen LogP contribution in [-0.2, 0) is 4.79 Å². The molecule has 4 heteroatoms. The molecule has 0 saturated heterocycles. The minimum atomic E-state index is -0.119. The lowest BCUT2D eigenvalue weighted by Gasteiger charge is -2.12. The SMILES string of the molecule is CCCNC(=O)C(C)Sc1ccccc1Cl. The second-order valence-corrected chi connectivity index (χ2v) is 5.27. The molecule has 1 aromatic carbocycles. The molecule has 0 aromatic heterocycles. The van der Waals surface area contributed by atoms with Crippen molar-refractivity contribution in [1.29, 1.82) is 0 Å². The molecule has 1 rings (SSSR count). The molecule has 0 spiro atoms. The summed E-state index contributed by atoms with van der Waals surface area (Å²) >= 11 is 7.51. The van der Waals surface area contributed by atoms with Gasteiger partial charge in [0.05, 0.1) is 10.3 Å². The molecule has 1 aromatic rings. The Kier molecular flexibility index (Phi) is 5.71. The van der Waals surface area contributed by atoms with Crippen molar-refractivity contribution < 1.29 is 4.79 Å². The Labute approximate surface area is 106 Å². The number of carbonyl (C=O) groups is 1. The summed E-state index contributed by atoms with van der Waals surface area (Å²) in [5.74, 6) is 0.0618. The molecular formula is C12H16ClNOS. The number of rotatable bonds is 5. The molecule has 0 aliphatic rings. The van der Waals surface area contributed by atoms with Crippen LogP contribution in [0.2, 0.25) is 5.02 Å². The Hall–Kier alpha value is -0.670. The summed E-state index contributed by atoms with van der Waals surface area (Å²) < 4.78 is 0. The Morgan fingerprint density at radius 3 is 2.81 bits per heavy atom. The van der Waals surface area contributed by atoms with Crippen molar-refractivity contribution in [3.8, 4) is 0 Å². The largest absolute Gasteiger partial charge is 0.355 e. The van der Waals surface area contributed by atoms with Gasteiger partial charge in [-0.15, -0.1) is 11.8 Å². The van der Waals surface area contributed by atoms with Gasteiger partial charge in [0.2, 0.25) is 5.91 Å².